The van der Waals surface area contributed by atoms with Crippen LogP contribution in [0.15, 0.2) is 12.4 Å². The van der Waals surface area contributed by atoms with Crippen molar-refractivity contribution < 1.29 is 5.11 Å². The van der Waals surface area contributed by atoms with Gasteiger partial charge in [0.15, 0.2) is 0 Å². The molecule has 0 fully saturated rings. The van der Waals surface area contributed by atoms with E-state index < -0.39 is 0 Å². The molecule has 4 nitrogen and oxygen atoms in total. The predicted octanol–water partition coefficient (Wildman–Crippen LogP) is 1.99. The zero-order valence-electron chi connectivity index (χ0n) is 10.5. The van der Waals surface area contributed by atoms with Gasteiger partial charge in [0, 0.05) is 25.0 Å². The first kappa shape index (κ1) is 12.9. The third-order valence-electron chi connectivity index (χ3n) is 2.55. The molecule has 0 aliphatic rings. The summed E-state index contributed by atoms with van der Waals surface area (Å²) in [5.74, 6) is 0.624. The fraction of sp³-hybridized carbons (Fsp3) is 0.667. The smallest absolute Gasteiger partial charge is 0.222 e. The summed E-state index contributed by atoms with van der Waals surface area (Å²) < 4.78 is 0. The molecule has 0 bridgehead atoms. The van der Waals surface area contributed by atoms with Gasteiger partial charge in [-0.3, -0.25) is 0 Å². The number of rotatable bonds is 4. The molecule has 1 aromatic rings. The molecule has 1 rings (SSSR count). The highest BCUT2D eigenvalue weighted by molar-refractivity contribution is 5.26. The minimum absolute atomic E-state index is 0.0664. The number of nitrogens with zero attached hydrogens (tertiary/aromatic N) is 2. The van der Waals surface area contributed by atoms with E-state index in [-0.39, 0.29) is 18.1 Å². The molecule has 0 aliphatic heterocycles. The van der Waals surface area contributed by atoms with Crippen LogP contribution < -0.4 is 5.32 Å². The van der Waals surface area contributed by atoms with Crippen LogP contribution in [0.25, 0.3) is 0 Å². The molecular formula is C12H21N3O. The molecular weight excluding hydrogens is 202 g/mol. The lowest BCUT2D eigenvalue weighted by Crippen LogP contribution is -2.35. The molecule has 0 spiro atoms. The van der Waals surface area contributed by atoms with E-state index in [0.29, 0.717) is 12.4 Å². The van der Waals surface area contributed by atoms with E-state index in [2.05, 4.69) is 36.1 Å². The summed E-state index contributed by atoms with van der Waals surface area (Å²) in [6.45, 7) is 8.52. The molecule has 1 heterocycles. The minimum atomic E-state index is 0.0664. The summed E-state index contributed by atoms with van der Waals surface area (Å²) in [6, 6.07) is 0.167. The lowest BCUT2D eigenvalue weighted by molar-refractivity contribution is 0.235. The van der Waals surface area contributed by atoms with Crippen LogP contribution in [0.3, 0.4) is 0 Å². The maximum absolute atomic E-state index is 9.04. The number of nitrogens with one attached hydrogen (secondary N) is 1. The van der Waals surface area contributed by atoms with Crippen molar-refractivity contribution in [3.63, 3.8) is 0 Å². The van der Waals surface area contributed by atoms with E-state index in [4.69, 9.17) is 5.11 Å². The van der Waals surface area contributed by atoms with E-state index in [1.54, 1.807) is 12.4 Å². The Morgan fingerprint density at radius 1 is 1.31 bits per heavy atom. The van der Waals surface area contributed by atoms with Gasteiger partial charge in [-0.05, 0) is 24.3 Å². The minimum Gasteiger partial charge on any atom is -0.396 e. The van der Waals surface area contributed by atoms with E-state index in [9.17, 15) is 0 Å². The standard InChI is InChI=1S/C12H21N3O/c1-9-7-13-11(14-8-9)15-10(5-6-16)12(2,3)4/h7-8,10,16H,5-6H2,1-4H3,(H,13,14,15). The van der Waals surface area contributed by atoms with Crippen LogP contribution >= 0.6 is 0 Å². The Bertz CT molecular complexity index is 316. The highest BCUT2D eigenvalue weighted by Crippen LogP contribution is 2.24. The van der Waals surface area contributed by atoms with Gasteiger partial charge in [0.1, 0.15) is 0 Å². The van der Waals surface area contributed by atoms with Gasteiger partial charge in [-0.1, -0.05) is 20.8 Å². The number of aromatic nitrogens is 2. The monoisotopic (exact) mass is 223 g/mol. The molecule has 0 saturated carbocycles. The van der Waals surface area contributed by atoms with Gasteiger partial charge >= 0.3 is 0 Å². The van der Waals surface area contributed by atoms with Crippen molar-refractivity contribution in [2.45, 2.75) is 40.2 Å². The Morgan fingerprint density at radius 3 is 2.31 bits per heavy atom. The van der Waals surface area contributed by atoms with E-state index in [1.165, 1.54) is 0 Å². The summed E-state index contributed by atoms with van der Waals surface area (Å²) in [5.41, 5.74) is 1.11. The van der Waals surface area contributed by atoms with Gasteiger partial charge in [-0.2, -0.15) is 0 Å². The Morgan fingerprint density at radius 2 is 1.88 bits per heavy atom. The van der Waals surface area contributed by atoms with Crippen LogP contribution in [0.1, 0.15) is 32.8 Å². The molecule has 4 heteroatoms. The SMILES string of the molecule is Cc1cnc(NC(CCO)C(C)(C)C)nc1. The molecule has 0 saturated heterocycles. The van der Waals surface area contributed by atoms with Crippen molar-refractivity contribution in [1.82, 2.24) is 9.97 Å². The van der Waals surface area contributed by atoms with Crippen molar-refractivity contribution in [3.8, 4) is 0 Å². The zero-order chi connectivity index (χ0) is 12.2. The first-order valence-electron chi connectivity index (χ1n) is 5.59. The Labute approximate surface area is 97.1 Å². The number of aliphatic hydroxyl groups excluding tert-OH is 1. The van der Waals surface area contributed by atoms with Crippen molar-refractivity contribution in [1.29, 1.82) is 0 Å². The highest BCUT2D eigenvalue weighted by atomic mass is 16.3. The topological polar surface area (TPSA) is 58.0 Å². The summed E-state index contributed by atoms with van der Waals surface area (Å²) in [7, 11) is 0. The number of aliphatic hydroxyl groups is 1. The lowest BCUT2D eigenvalue weighted by Gasteiger charge is -2.31. The molecule has 0 amide bonds. The normalized spacial score (nSPS) is 13.6. The van der Waals surface area contributed by atoms with Gasteiger partial charge in [-0.15, -0.1) is 0 Å². The summed E-state index contributed by atoms with van der Waals surface area (Å²) in [4.78, 5) is 8.42. The van der Waals surface area contributed by atoms with E-state index in [0.717, 1.165) is 5.56 Å². The molecule has 1 unspecified atom stereocenters. The van der Waals surface area contributed by atoms with Gasteiger partial charge in [0.05, 0.1) is 0 Å². The van der Waals surface area contributed by atoms with Gasteiger partial charge < -0.3 is 10.4 Å². The number of aryl methyl sites for hydroxylation is 1. The van der Waals surface area contributed by atoms with Crippen molar-refractivity contribution in [2.75, 3.05) is 11.9 Å². The lowest BCUT2D eigenvalue weighted by atomic mass is 9.85. The van der Waals surface area contributed by atoms with Gasteiger partial charge in [0.2, 0.25) is 5.95 Å². The van der Waals surface area contributed by atoms with Gasteiger partial charge in [-0.25, -0.2) is 9.97 Å². The maximum Gasteiger partial charge on any atom is 0.222 e. The first-order chi connectivity index (χ1) is 7.43. The third kappa shape index (κ3) is 3.77. The highest BCUT2D eigenvalue weighted by Gasteiger charge is 2.24. The van der Waals surface area contributed by atoms with E-state index >= 15 is 0 Å². The zero-order valence-corrected chi connectivity index (χ0v) is 10.5. The molecule has 1 aromatic heterocycles. The van der Waals surface area contributed by atoms with Crippen LogP contribution in [0.4, 0.5) is 5.95 Å². The largest absolute Gasteiger partial charge is 0.396 e. The molecule has 2 N–H and O–H groups in total. The molecule has 16 heavy (non-hydrogen) atoms. The van der Waals surface area contributed by atoms with Crippen LogP contribution in [-0.4, -0.2) is 27.7 Å². The molecule has 1 atom stereocenters. The Balaban J connectivity index is 2.72. The molecule has 0 radical (unpaired) electrons. The summed E-state index contributed by atoms with van der Waals surface area (Å²) in [5, 5.41) is 12.3. The van der Waals surface area contributed by atoms with Gasteiger partial charge in [0.25, 0.3) is 0 Å². The van der Waals surface area contributed by atoms with Crippen LogP contribution in [0.5, 0.6) is 0 Å². The quantitative estimate of drug-likeness (QED) is 0.819. The second kappa shape index (κ2) is 5.25. The first-order valence-corrected chi connectivity index (χ1v) is 5.59. The Hall–Kier alpha value is -1.16. The second-order valence-electron chi connectivity index (χ2n) is 5.16. The van der Waals surface area contributed by atoms with E-state index in [1.807, 2.05) is 6.92 Å². The van der Waals surface area contributed by atoms with Crippen molar-refractivity contribution in [3.05, 3.63) is 18.0 Å². The van der Waals surface area contributed by atoms with Crippen molar-refractivity contribution in [2.24, 2.45) is 5.41 Å². The summed E-state index contributed by atoms with van der Waals surface area (Å²) >= 11 is 0. The van der Waals surface area contributed by atoms with Crippen LogP contribution in [0.2, 0.25) is 0 Å². The Kier molecular flexibility index (Phi) is 4.24. The maximum atomic E-state index is 9.04. The van der Waals surface area contributed by atoms with Crippen LogP contribution in [-0.2, 0) is 0 Å². The third-order valence-corrected chi connectivity index (χ3v) is 2.55. The number of anilines is 1. The second-order valence-corrected chi connectivity index (χ2v) is 5.16. The fourth-order valence-corrected chi connectivity index (χ4v) is 1.47. The average molecular weight is 223 g/mol. The molecule has 0 aromatic carbocycles. The molecule has 0 aliphatic carbocycles. The number of hydrogen-bond donors (Lipinski definition) is 2. The van der Waals surface area contributed by atoms with Crippen molar-refractivity contribution >= 4 is 5.95 Å². The fourth-order valence-electron chi connectivity index (χ4n) is 1.47. The van der Waals surface area contributed by atoms with Crippen LogP contribution in [0, 0.1) is 12.3 Å². The average Bonchev–Trinajstić information content (AvgIpc) is 2.19. The predicted molar refractivity (Wildman–Crippen MR) is 65.3 cm³/mol. The molecule has 90 valence electrons. The summed E-state index contributed by atoms with van der Waals surface area (Å²) in [6.07, 6.45) is 4.27. The number of hydrogen-bond acceptors (Lipinski definition) is 4.